The highest BCUT2D eigenvalue weighted by Crippen LogP contribution is 2.30. The first-order valence-corrected chi connectivity index (χ1v) is 9.92. The number of hydrogen-bond donors (Lipinski definition) is 1. The van der Waals surface area contributed by atoms with Gasteiger partial charge in [-0.2, -0.15) is 0 Å². The van der Waals surface area contributed by atoms with Gasteiger partial charge in [-0.25, -0.2) is 4.39 Å². The summed E-state index contributed by atoms with van der Waals surface area (Å²) in [4.78, 5) is 19.1. The monoisotopic (exact) mass is 391 g/mol. The number of anilines is 1. The second kappa shape index (κ2) is 7.37. The summed E-state index contributed by atoms with van der Waals surface area (Å²) in [5, 5.41) is 1.85. The molecule has 1 fully saturated rings. The Kier molecular flexibility index (Phi) is 4.56. The summed E-state index contributed by atoms with van der Waals surface area (Å²) in [6.45, 7) is 4.47. The number of nitrogens with one attached hydrogen (secondary N) is 1. The summed E-state index contributed by atoms with van der Waals surface area (Å²) >= 11 is 0. The van der Waals surface area contributed by atoms with E-state index in [1.165, 1.54) is 11.6 Å². The predicted octanol–water partition coefficient (Wildman–Crippen LogP) is 3.78. The first kappa shape index (κ1) is 17.9. The molecule has 148 valence electrons. The minimum Gasteiger partial charge on any atom is -0.462 e. The maximum atomic E-state index is 13.9. The first-order valence-electron chi connectivity index (χ1n) is 9.92. The third-order valence-corrected chi connectivity index (χ3v) is 5.72. The van der Waals surface area contributed by atoms with Crippen molar-refractivity contribution in [3.05, 3.63) is 76.5 Å². The lowest BCUT2D eigenvalue weighted by atomic mass is 10.1. The molecule has 0 aliphatic carbocycles. The number of piperazine rings is 1. The zero-order valence-corrected chi connectivity index (χ0v) is 16.0. The van der Waals surface area contributed by atoms with Crippen molar-refractivity contribution in [1.82, 2.24) is 9.88 Å². The maximum absolute atomic E-state index is 13.9. The summed E-state index contributed by atoms with van der Waals surface area (Å²) in [7, 11) is 0. The van der Waals surface area contributed by atoms with Gasteiger partial charge in [-0.05, 0) is 41.6 Å². The summed E-state index contributed by atoms with van der Waals surface area (Å²) in [5.41, 5.74) is 3.61. The van der Waals surface area contributed by atoms with E-state index < -0.39 is 0 Å². The van der Waals surface area contributed by atoms with Gasteiger partial charge in [0.25, 0.3) is 0 Å². The van der Waals surface area contributed by atoms with E-state index >= 15 is 0 Å². The number of aromatic amines is 1. The Morgan fingerprint density at radius 1 is 0.966 bits per heavy atom. The fourth-order valence-corrected chi connectivity index (χ4v) is 4.11. The molecule has 0 atom stereocenters. The van der Waals surface area contributed by atoms with E-state index in [1.807, 2.05) is 6.07 Å². The maximum Gasteiger partial charge on any atom is 0.248 e. The van der Waals surface area contributed by atoms with E-state index in [-0.39, 0.29) is 11.4 Å². The van der Waals surface area contributed by atoms with Gasteiger partial charge in [0, 0.05) is 55.8 Å². The molecule has 2 aromatic carbocycles. The van der Waals surface area contributed by atoms with Crippen LogP contribution < -0.4 is 10.5 Å². The zero-order chi connectivity index (χ0) is 19.8. The van der Waals surface area contributed by atoms with Crippen LogP contribution in [0.2, 0.25) is 0 Å². The van der Waals surface area contributed by atoms with Gasteiger partial charge in [0.05, 0.1) is 12.0 Å². The molecule has 29 heavy (non-hydrogen) atoms. The van der Waals surface area contributed by atoms with Crippen LogP contribution in [0, 0.1) is 5.82 Å². The van der Waals surface area contributed by atoms with Crippen LogP contribution in [-0.4, -0.2) is 42.6 Å². The molecule has 3 heterocycles. The number of benzene rings is 2. The molecule has 0 radical (unpaired) electrons. The molecule has 5 nitrogen and oxygen atoms in total. The fourth-order valence-electron chi connectivity index (χ4n) is 4.11. The van der Waals surface area contributed by atoms with Crippen molar-refractivity contribution in [2.45, 2.75) is 6.42 Å². The van der Waals surface area contributed by atoms with Crippen LogP contribution in [0.5, 0.6) is 0 Å². The fraction of sp³-hybridized carbons (Fsp3) is 0.261. The predicted molar refractivity (Wildman–Crippen MR) is 113 cm³/mol. The van der Waals surface area contributed by atoms with Crippen molar-refractivity contribution < 1.29 is 8.81 Å². The highest BCUT2D eigenvalue weighted by atomic mass is 19.1. The highest BCUT2D eigenvalue weighted by molar-refractivity contribution is 5.89. The number of H-pyrrole nitrogens is 1. The van der Waals surface area contributed by atoms with Gasteiger partial charge >= 0.3 is 0 Å². The molecule has 2 aromatic heterocycles. The molecule has 0 spiro atoms. The summed E-state index contributed by atoms with van der Waals surface area (Å²) in [6.07, 6.45) is 2.54. The van der Waals surface area contributed by atoms with Gasteiger partial charge in [-0.15, -0.1) is 0 Å². The van der Waals surface area contributed by atoms with E-state index in [0.717, 1.165) is 66.7 Å². The lowest BCUT2D eigenvalue weighted by Crippen LogP contribution is -2.47. The van der Waals surface area contributed by atoms with Gasteiger partial charge in [-0.3, -0.25) is 9.69 Å². The van der Waals surface area contributed by atoms with E-state index in [2.05, 4.69) is 33.0 Å². The lowest BCUT2D eigenvalue weighted by molar-refractivity contribution is 0.261. The number of pyridine rings is 1. The Morgan fingerprint density at radius 2 is 1.79 bits per heavy atom. The molecular formula is C23H22FN3O2. The number of furan rings is 1. The van der Waals surface area contributed by atoms with E-state index in [4.69, 9.17) is 4.42 Å². The molecule has 0 unspecified atom stereocenters. The van der Waals surface area contributed by atoms with Crippen LogP contribution in [0.25, 0.3) is 21.9 Å². The van der Waals surface area contributed by atoms with Gasteiger partial charge in [0.1, 0.15) is 5.82 Å². The topological polar surface area (TPSA) is 52.5 Å². The zero-order valence-electron chi connectivity index (χ0n) is 16.0. The van der Waals surface area contributed by atoms with Crippen molar-refractivity contribution in [3.63, 3.8) is 0 Å². The van der Waals surface area contributed by atoms with Gasteiger partial charge in [-0.1, -0.05) is 12.1 Å². The Hall–Kier alpha value is -3.12. The quantitative estimate of drug-likeness (QED) is 0.575. The van der Waals surface area contributed by atoms with E-state index in [0.29, 0.717) is 0 Å². The van der Waals surface area contributed by atoms with Crippen molar-refractivity contribution >= 4 is 27.6 Å². The summed E-state index contributed by atoms with van der Waals surface area (Å²) < 4.78 is 19.5. The molecule has 4 aromatic rings. The number of hydrogen-bond acceptors (Lipinski definition) is 4. The summed E-state index contributed by atoms with van der Waals surface area (Å²) in [6, 6.07) is 14.5. The van der Waals surface area contributed by atoms with Crippen LogP contribution >= 0.6 is 0 Å². The first-order chi connectivity index (χ1) is 14.2. The number of nitrogens with zero attached hydrogens (tertiary/aromatic N) is 2. The average Bonchev–Trinajstić information content (AvgIpc) is 3.20. The third kappa shape index (κ3) is 3.63. The SMILES string of the molecule is O=c1ccc2ccc(CCN3CCN(c4cc(F)cc5ccoc45)CC3)cc2[nH]1. The molecule has 0 saturated carbocycles. The normalized spacial score (nSPS) is 15.4. The van der Waals surface area contributed by atoms with E-state index in [1.54, 1.807) is 24.5 Å². The minimum absolute atomic E-state index is 0.0752. The second-order valence-corrected chi connectivity index (χ2v) is 7.59. The Bertz CT molecular complexity index is 1220. The van der Waals surface area contributed by atoms with Crippen LogP contribution in [0.3, 0.4) is 0 Å². The van der Waals surface area contributed by atoms with Crippen LogP contribution in [0.4, 0.5) is 10.1 Å². The van der Waals surface area contributed by atoms with Crippen LogP contribution in [0.15, 0.2) is 64.0 Å². The van der Waals surface area contributed by atoms with E-state index in [9.17, 15) is 9.18 Å². The number of fused-ring (bicyclic) bond motifs is 2. The Labute approximate surface area is 167 Å². The standard InChI is InChI=1S/C23H22FN3O2/c24-19-14-18-6-12-29-23(18)21(15-19)27-10-8-26(9-11-27)7-5-16-1-2-17-3-4-22(28)25-20(17)13-16/h1-4,6,12-15H,5,7-11H2,(H,25,28). The highest BCUT2D eigenvalue weighted by Gasteiger charge is 2.20. The largest absolute Gasteiger partial charge is 0.462 e. The summed E-state index contributed by atoms with van der Waals surface area (Å²) in [5.74, 6) is -0.231. The molecule has 6 heteroatoms. The average molecular weight is 391 g/mol. The van der Waals surface area contributed by atoms with Crippen molar-refractivity contribution in [2.75, 3.05) is 37.6 Å². The molecule has 0 amide bonds. The van der Waals surface area contributed by atoms with Crippen molar-refractivity contribution in [3.8, 4) is 0 Å². The van der Waals surface area contributed by atoms with Gasteiger partial charge in [0.15, 0.2) is 5.58 Å². The number of aromatic nitrogens is 1. The lowest BCUT2D eigenvalue weighted by Gasteiger charge is -2.36. The molecule has 1 aliphatic rings. The molecule has 0 bridgehead atoms. The molecule has 1 N–H and O–H groups in total. The molecule has 1 saturated heterocycles. The van der Waals surface area contributed by atoms with Crippen molar-refractivity contribution in [2.24, 2.45) is 0 Å². The molecular weight excluding hydrogens is 369 g/mol. The van der Waals surface area contributed by atoms with Crippen LogP contribution in [-0.2, 0) is 6.42 Å². The van der Waals surface area contributed by atoms with Crippen LogP contribution in [0.1, 0.15) is 5.56 Å². The van der Waals surface area contributed by atoms with Gasteiger partial charge < -0.3 is 14.3 Å². The Balaban J connectivity index is 1.23. The smallest absolute Gasteiger partial charge is 0.248 e. The third-order valence-electron chi connectivity index (χ3n) is 5.72. The number of rotatable bonds is 4. The van der Waals surface area contributed by atoms with Crippen molar-refractivity contribution in [1.29, 1.82) is 0 Å². The van der Waals surface area contributed by atoms with Gasteiger partial charge in [0.2, 0.25) is 5.56 Å². The minimum atomic E-state index is -0.231. The number of halogens is 1. The second-order valence-electron chi connectivity index (χ2n) is 7.59. The molecule has 5 rings (SSSR count). The Morgan fingerprint density at radius 3 is 2.66 bits per heavy atom. The molecule has 1 aliphatic heterocycles.